The van der Waals surface area contributed by atoms with Crippen molar-refractivity contribution in [2.75, 3.05) is 5.75 Å². The molecule has 0 radical (unpaired) electrons. The van der Waals surface area contributed by atoms with Gasteiger partial charge < -0.3 is 4.42 Å². The van der Waals surface area contributed by atoms with Crippen molar-refractivity contribution < 1.29 is 17.6 Å². The molecule has 0 atom stereocenters. The standard InChI is InChI=1S/C18H15F3N2OS/c1-2-25-15-7-11(10-3-4-10)9-22-16(15)17-23-13-8-12(18(19,20)21)5-6-14(13)24-17/h5-10H,2-4H2,1H3. The van der Waals surface area contributed by atoms with Gasteiger partial charge in [0.25, 0.3) is 0 Å². The summed E-state index contributed by atoms with van der Waals surface area (Å²) in [6.45, 7) is 2.04. The van der Waals surface area contributed by atoms with Crippen molar-refractivity contribution in [3.63, 3.8) is 0 Å². The highest BCUT2D eigenvalue weighted by Gasteiger charge is 2.31. The summed E-state index contributed by atoms with van der Waals surface area (Å²) in [5.74, 6) is 1.70. The van der Waals surface area contributed by atoms with Crippen molar-refractivity contribution in [1.29, 1.82) is 0 Å². The van der Waals surface area contributed by atoms with Crippen LogP contribution in [0.4, 0.5) is 13.2 Å². The number of fused-ring (bicyclic) bond motifs is 1. The monoisotopic (exact) mass is 364 g/mol. The molecule has 7 heteroatoms. The predicted molar refractivity (Wildman–Crippen MR) is 90.6 cm³/mol. The highest BCUT2D eigenvalue weighted by atomic mass is 32.2. The molecule has 1 aliphatic carbocycles. The minimum atomic E-state index is -4.40. The SMILES string of the molecule is CCSc1cc(C2CC2)cnc1-c1nc2cc(C(F)(F)F)ccc2o1. The average Bonchev–Trinajstić information content (AvgIpc) is 3.33. The third-order valence-corrected chi connectivity index (χ3v) is 5.05. The van der Waals surface area contributed by atoms with Crippen LogP contribution >= 0.6 is 11.8 Å². The van der Waals surface area contributed by atoms with E-state index in [2.05, 4.69) is 16.0 Å². The number of oxazole rings is 1. The molecule has 0 spiro atoms. The zero-order chi connectivity index (χ0) is 17.6. The summed E-state index contributed by atoms with van der Waals surface area (Å²) in [6, 6.07) is 5.42. The summed E-state index contributed by atoms with van der Waals surface area (Å²) in [4.78, 5) is 9.70. The van der Waals surface area contributed by atoms with Gasteiger partial charge in [0.15, 0.2) is 5.58 Å². The molecule has 0 bridgehead atoms. The van der Waals surface area contributed by atoms with Gasteiger partial charge in [0.2, 0.25) is 5.89 Å². The number of thioether (sulfide) groups is 1. The number of benzene rings is 1. The molecule has 2 aromatic heterocycles. The highest BCUT2D eigenvalue weighted by molar-refractivity contribution is 7.99. The van der Waals surface area contributed by atoms with Crippen LogP contribution in [-0.4, -0.2) is 15.7 Å². The highest BCUT2D eigenvalue weighted by Crippen LogP contribution is 2.42. The molecule has 0 unspecified atom stereocenters. The lowest BCUT2D eigenvalue weighted by Gasteiger charge is -2.06. The van der Waals surface area contributed by atoms with E-state index in [1.807, 2.05) is 13.1 Å². The van der Waals surface area contributed by atoms with Gasteiger partial charge in [0.05, 0.1) is 5.56 Å². The van der Waals surface area contributed by atoms with Gasteiger partial charge in [-0.05, 0) is 54.3 Å². The molecule has 1 fully saturated rings. The first-order valence-electron chi connectivity index (χ1n) is 8.06. The number of pyridine rings is 1. The maximum atomic E-state index is 12.9. The second kappa shape index (κ2) is 6.05. The third kappa shape index (κ3) is 3.25. The first-order chi connectivity index (χ1) is 12.0. The van der Waals surface area contributed by atoms with Crippen LogP contribution in [0, 0.1) is 0 Å². The molecule has 0 amide bonds. The maximum absolute atomic E-state index is 12.9. The van der Waals surface area contributed by atoms with E-state index in [-0.39, 0.29) is 11.4 Å². The Morgan fingerprint density at radius 1 is 1.24 bits per heavy atom. The fraction of sp³-hybridized carbons (Fsp3) is 0.333. The number of nitrogens with zero attached hydrogens (tertiary/aromatic N) is 2. The Hall–Kier alpha value is -2.02. The third-order valence-electron chi connectivity index (χ3n) is 4.14. The van der Waals surface area contributed by atoms with Gasteiger partial charge >= 0.3 is 6.18 Å². The van der Waals surface area contributed by atoms with Gasteiger partial charge in [0, 0.05) is 11.1 Å². The first-order valence-corrected chi connectivity index (χ1v) is 9.05. The predicted octanol–water partition coefficient (Wildman–Crippen LogP) is 5.90. The Labute approximate surface area is 146 Å². The Balaban J connectivity index is 1.78. The molecular weight excluding hydrogens is 349 g/mol. The summed E-state index contributed by atoms with van der Waals surface area (Å²) < 4.78 is 44.3. The average molecular weight is 364 g/mol. The van der Waals surface area contributed by atoms with Gasteiger partial charge in [-0.25, -0.2) is 9.97 Å². The molecule has 130 valence electrons. The van der Waals surface area contributed by atoms with E-state index >= 15 is 0 Å². The van der Waals surface area contributed by atoms with Crippen LogP contribution in [-0.2, 0) is 6.18 Å². The fourth-order valence-electron chi connectivity index (χ4n) is 2.73. The summed E-state index contributed by atoms with van der Waals surface area (Å²) in [5, 5.41) is 0. The number of alkyl halides is 3. The fourth-order valence-corrected chi connectivity index (χ4v) is 3.54. The van der Waals surface area contributed by atoms with Crippen LogP contribution in [0.25, 0.3) is 22.7 Å². The molecule has 0 saturated heterocycles. The van der Waals surface area contributed by atoms with Crippen molar-refractivity contribution in [1.82, 2.24) is 9.97 Å². The van der Waals surface area contributed by atoms with E-state index in [0.29, 0.717) is 17.2 Å². The topological polar surface area (TPSA) is 38.9 Å². The minimum Gasteiger partial charge on any atom is -0.435 e. The summed E-state index contributed by atoms with van der Waals surface area (Å²) in [7, 11) is 0. The van der Waals surface area contributed by atoms with Crippen molar-refractivity contribution in [3.05, 3.63) is 41.6 Å². The van der Waals surface area contributed by atoms with Crippen molar-refractivity contribution >= 4 is 22.9 Å². The molecule has 0 N–H and O–H groups in total. The summed E-state index contributed by atoms with van der Waals surface area (Å²) in [5.41, 5.74) is 1.56. The summed E-state index contributed by atoms with van der Waals surface area (Å²) >= 11 is 1.63. The number of halogens is 3. The van der Waals surface area contributed by atoms with Crippen LogP contribution in [0.3, 0.4) is 0 Å². The Morgan fingerprint density at radius 3 is 2.72 bits per heavy atom. The maximum Gasteiger partial charge on any atom is 0.416 e. The molecule has 1 saturated carbocycles. The minimum absolute atomic E-state index is 0.186. The molecule has 3 aromatic rings. The van der Waals surface area contributed by atoms with Crippen LogP contribution in [0.15, 0.2) is 39.8 Å². The van der Waals surface area contributed by atoms with Gasteiger partial charge in [0.1, 0.15) is 11.2 Å². The zero-order valence-electron chi connectivity index (χ0n) is 13.4. The molecule has 4 rings (SSSR count). The van der Waals surface area contributed by atoms with E-state index in [1.165, 1.54) is 24.5 Å². The van der Waals surface area contributed by atoms with Crippen LogP contribution in [0.2, 0.25) is 0 Å². The second-order valence-electron chi connectivity index (χ2n) is 6.02. The Kier molecular flexibility index (Phi) is 3.98. The van der Waals surface area contributed by atoms with Gasteiger partial charge in [-0.1, -0.05) is 6.92 Å². The number of aromatic nitrogens is 2. The van der Waals surface area contributed by atoms with Gasteiger partial charge in [-0.2, -0.15) is 13.2 Å². The lowest BCUT2D eigenvalue weighted by molar-refractivity contribution is -0.137. The van der Waals surface area contributed by atoms with Crippen LogP contribution in [0.1, 0.15) is 36.8 Å². The number of rotatable bonds is 4. The van der Waals surface area contributed by atoms with Crippen molar-refractivity contribution in [2.45, 2.75) is 36.8 Å². The normalized spacial score (nSPS) is 15.0. The second-order valence-corrected chi connectivity index (χ2v) is 7.33. The van der Waals surface area contributed by atoms with Crippen molar-refractivity contribution in [3.8, 4) is 11.6 Å². The van der Waals surface area contributed by atoms with Gasteiger partial charge in [-0.15, -0.1) is 11.8 Å². The van der Waals surface area contributed by atoms with E-state index < -0.39 is 11.7 Å². The van der Waals surface area contributed by atoms with Crippen molar-refractivity contribution in [2.24, 2.45) is 0 Å². The van der Waals surface area contributed by atoms with E-state index in [0.717, 1.165) is 22.8 Å². The van der Waals surface area contributed by atoms with E-state index in [4.69, 9.17) is 4.42 Å². The van der Waals surface area contributed by atoms with E-state index in [9.17, 15) is 13.2 Å². The molecule has 3 nitrogen and oxygen atoms in total. The lowest BCUT2D eigenvalue weighted by atomic mass is 10.2. The van der Waals surface area contributed by atoms with Crippen LogP contribution < -0.4 is 0 Å². The largest absolute Gasteiger partial charge is 0.435 e. The smallest absolute Gasteiger partial charge is 0.416 e. The van der Waals surface area contributed by atoms with Gasteiger partial charge in [-0.3, -0.25) is 0 Å². The lowest BCUT2D eigenvalue weighted by Crippen LogP contribution is -2.03. The molecule has 1 aliphatic rings. The zero-order valence-corrected chi connectivity index (χ0v) is 14.2. The quantitative estimate of drug-likeness (QED) is 0.541. The van der Waals surface area contributed by atoms with Crippen LogP contribution in [0.5, 0.6) is 0 Å². The Bertz CT molecular complexity index is 932. The molecular formula is C18H15F3N2OS. The number of hydrogen-bond donors (Lipinski definition) is 0. The van der Waals surface area contributed by atoms with E-state index in [1.54, 1.807) is 11.8 Å². The molecule has 1 aromatic carbocycles. The Morgan fingerprint density at radius 2 is 2.04 bits per heavy atom. The molecule has 2 heterocycles. The molecule has 25 heavy (non-hydrogen) atoms. The molecule has 0 aliphatic heterocycles. The summed E-state index contributed by atoms with van der Waals surface area (Å²) in [6.07, 6.45) is -0.218. The number of hydrogen-bond acceptors (Lipinski definition) is 4. The first kappa shape index (κ1) is 16.4.